The van der Waals surface area contributed by atoms with E-state index in [-0.39, 0.29) is 0 Å². The van der Waals surface area contributed by atoms with Crippen molar-refractivity contribution in [1.82, 2.24) is 0 Å². The zero-order valence-corrected chi connectivity index (χ0v) is 9.32. The lowest BCUT2D eigenvalue weighted by Crippen LogP contribution is -2.51. The lowest BCUT2D eigenvalue weighted by Gasteiger charge is -2.33. The summed E-state index contributed by atoms with van der Waals surface area (Å²) in [6.45, 7) is 0. The van der Waals surface area contributed by atoms with Gasteiger partial charge in [0.2, 0.25) is 5.91 Å². The van der Waals surface area contributed by atoms with Crippen LogP contribution in [0.3, 0.4) is 0 Å². The van der Waals surface area contributed by atoms with Gasteiger partial charge in [0.1, 0.15) is 11.3 Å². The van der Waals surface area contributed by atoms with Gasteiger partial charge >= 0.3 is 0 Å². The largest absolute Gasteiger partial charge is 0.497 e. The van der Waals surface area contributed by atoms with Gasteiger partial charge in [0.25, 0.3) is 0 Å². The number of rotatable bonds is 2. The van der Waals surface area contributed by atoms with Gasteiger partial charge in [-0.05, 0) is 42.5 Å². The standard InChI is InChI=1S/C12H16N2O2/c1-16-9-4-5-10-8(7-9)3-2-6-12(10,14)11(13)15/h4-5,7H,2-3,6,14H2,1H3,(H2,13,15)/t12-/m0/s1. The molecule has 4 heteroatoms. The molecule has 0 aromatic heterocycles. The summed E-state index contributed by atoms with van der Waals surface area (Å²) in [5.74, 6) is 0.325. The van der Waals surface area contributed by atoms with Gasteiger partial charge in [-0.1, -0.05) is 6.07 Å². The number of hydrogen-bond donors (Lipinski definition) is 2. The van der Waals surface area contributed by atoms with Crippen molar-refractivity contribution in [3.8, 4) is 5.75 Å². The summed E-state index contributed by atoms with van der Waals surface area (Å²) >= 11 is 0. The van der Waals surface area contributed by atoms with Crippen molar-refractivity contribution in [2.45, 2.75) is 24.8 Å². The van der Waals surface area contributed by atoms with Crippen molar-refractivity contribution < 1.29 is 9.53 Å². The smallest absolute Gasteiger partial charge is 0.242 e. The predicted octanol–water partition coefficient (Wildman–Crippen LogP) is 0.671. The summed E-state index contributed by atoms with van der Waals surface area (Å²) in [7, 11) is 1.62. The van der Waals surface area contributed by atoms with Crippen LogP contribution in [0.1, 0.15) is 24.0 Å². The molecular formula is C12H16N2O2. The van der Waals surface area contributed by atoms with Gasteiger partial charge < -0.3 is 16.2 Å². The molecule has 1 amide bonds. The number of benzene rings is 1. The molecule has 0 radical (unpaired) electrons. The van der Waals surface area contributed by atoms with Gasteiger partial charge in [0.05, 0.1) is 7.11 Å². The number of carbonyl (C=O) groups is 1. The fourth-order valence-electron chi connectivity index (χ4n) is 2.29. The van der Waals surface area contributed by atoms with Crippen LogP contribution >= 0.6 is 0 Å². The fraction of sp³-hybridized carbons (Fsp3) is 0.417. The molecule has 1 aliphatic rings. The lowest BCUT2D eigenvalue weighted by molar-refractivity contribution is -0.123. The molecular weight excluding hydrogens is 204 g/mol. The second kappa shape index (κ2) is 3.79. The molecule has 1 aromatic rings. The Bertz CT molecular complexity index is 431. The van der Waals surface area contributed by atoms with E-state index in [4.69, 9.17) is 16.2 Å². The number of methoxy groups -OCH3 is 1. The summed E-state index contributed by atoms with van der Waals surface area (Å²) < 4.78 is 5.15. The molecule has 1 aliphatic carbocycles. The third kappa shape index (κ3) is 1.55. The van der Waals surface area contributed by atoms with Crippen LogP contribution in [-0.4, -0.2) is 13.0 Å². The number of amides is 1. The molecule has 0 aliphatic heterocycles. The molecule has 0 heterocycles. The maximum Gasteiger partial charge on any atom is 0.242 e. The van der Waals surface area contributed by atoms with E-state index < -0.39 is 11.4 Å². The highest BCUT2D eigenvalue weighted by Crippen LogP contribution is 2.34. The van der Waals surface area contributed by atoms with Crippen LogP contribution < -0.4 is 16.2 Å². The highest BCUT2D eigenvalue weighted by atomic mass is 16.5. The van der Waals surface area contributed by atoms with Crippen molar-refractivity contribution in [3.63, 3.8) is 0 Å². The minimum Gasteiger partial charge on any atom is -0.497 e. The summed E-state index contributed by atoms with van der Waals surface area (Å²) in [5.41, 5.74) is 12.4. The molecule has 0 bridgehead atoms. The van der Waals surface area contributed by atoms with Gasteiger partial charge in [-0.15, -0.1) is 0 Å². The molecule has 2 rings (SSSR count). The van der Waals surface area contributed by atoms with Gasteiger partial charge in [-0.25, -0.2) is 0 Å². The van der Waals surface area contributed by atoms with Crippen LogP contribution in [-0.2, 0) is 16.8 Å². The van der Waals surface area contributed by atoms with E-state index >= 15 is 0 Å². The highest BCUT2D eigenvalue weighted by Gasteiger charge is 2.38. The topological polar surface area (TPSA) is 78.3 Å². The Kier molecular flexibility index (Phi) is 2.59. The second-order valence-corrected chi connectivity index (χ2v) is 4.21. The zero-order valence-electron chi connectivity index (χ0n) is 9.32. The summed E-state index contributed by atoms with van der Waals surface area (Å²) in [4.78, 5) is 11.5. The van der Waals surface area contributed by atoms with Gasteiger partial charge in [0.15, 0.2) is 0 Å². The van der Waals surface area contributed by atoms with Gasteiger partial charge in [0, 0.05) is 0 Å². The van der Waals surface area contributed by atoms with Crippen LogP contribution in [0.25, 0.3) is 0 Å². The van der Waals surface area contributed by atoms with Crippen LogP contribution in [0.15, 0.2) is 18.2 Å². The minimum absolute atomic E-state index is 0.460. The molecule has 4 nitrogen and oxygen atoms in total. The number of aryl methyl sites for hydroxylation is 1. The highest BCUT2D eigenvalue weighted by molar-refractivity contribution is 5.86. The van der Waals surface area contributed by atoms with Crippen LogP contribution in [0.2, 0.25) is 0 Å². The maximum atomic E-state index is 11.5. The van der Waals surface area contributed by atoms with Crippen molar-refractivity contribution in [2.24, 2.45) is 11.5 Å². The van der Waals surface area contributed by atoms with Crippen LogP contribution in [0.5, 0.6) is 5.75 Å². The average Bonchev–Trinajstić information content (AvgIpc) is 2.28. The van der Waals surface area contributed by atoms with Crippen molar-refractivity contribution in [2.75, 3.05) is 7.11 Å². The first-order valence-electron chi connectivity index (χ1n) is 5.34. The Morgan fingerprint density at radius 1 is 1.50 bits per heavy atom. The molecule has 1 aromatic carbocycles. The van der Waals surface area contributed by atoms with E-state index in [1.165, 1.54) is 0 Å². The van der Waals surface area contributed by atoms with E-state index in [0.29, 0.717) is 6.42 Å². The van der Waals surface area contributed by atoms with Crippen LogP contribution in [0, 0.1) is 0 Å². The molecule has 0 unspecified atom stereocenters. The third-order valence-corrected chi connectivity index (χ3v) is 3.25. The van der Waals surface area contributed by atoms with Gasteiger partial charge in [-0.3, -0.25) is 4.79 Å². The normalized spacial score (nSPS) is 23.6. The van der Waals surface area contributed by atoms with E-state index in [1.807, 2.05) is 18.2 Å². The quantitative estimate of drug-likeness (QED) is 0.769. The fourth-order valence-corrected chi connectivity index (χ4v) is 2.29. The molecule has 0 saturated heterocycles. The number of primary amides is 1. The summed E-state index contributed by atoms with van der Waals surface area (Å²) in [6, 6.07) is 5.59. The Hall–Kier alpha value is -1.55. The third-order valence-electron chi connectivity index (χ3n) is 3.25. The molecule has 86 valence electrons. The number of nitrogens with two attached hydrogens (primary N) is 2. The first-order valence-corrected chi connectivity index (χ1v) is 5.34. The average molecular weight is 220 g/mol. The molecule has 0 fully saturated rings. The molecule has 16 heavy (non-hydrogen) atoms. The molecule has 1 atom stereocenters. The van der Waals surface area contributed by atoms with Crippen molar-refractivity contribution in [3.05, 3.63) is 29.3 Å². The maximum absolute atomic E-state index is 11.5. The van der Waals surface area contributed by atoms with E-state index in [2.05, 4.69) is 0 Å². The van der Waals surface area contributed by atoms with Crippen LogP contribution in [0.4, 0.5) is 0 Å². The van der Waals surface area contributed by atoms with E-state index in [0.717, 1.165) is 29.7 Å². The first kappa shape index (κ1) is 11.0. The summed E-state index contributed by atoms with van der Waals surface area (Å²) in [6.07, 6.45) is 2.40. The van der Waals surface area contributed by atoms with E-state index in [1.54, 1.807) is 7.11 Å². The molecule has 4 N–H and O–H groups in total. The minimum atomic E-state index is -1.01. The van der Waals surface area contributed by atoms with Gasteiger partial charge in [-0.2, -0.15) is 0 Å². The SMILES string of the molecule is COc1ccc2c(c1)CCC[C@@]2(N)C(N)=O. The predicted molar refractivity (Wildman–Crippen MR) is 61.0 cm³/mol. The summed E-state index contributed by atoms with van der Waals surface area (Å²) in [5, 5.41) is 0. The van der Waals surface area contributed by atoms with Crippen molar-refractivity contribution >= 4 is 5.91 Å². The number of carbonyl (C=O) groups excluding carboxylic acids is 1. The lowest BCUT2D eigenvalue weighted by atomic mass is 9.76. The Morgan fingerprint density at radius 3 is 2.88 bits per heavy atom. The molecule has 0 saturated carbocycles. The molecule has 0 spiro atoms. The second-order valence-electron chi connectivity index (χ2n) is 4.21. The number of hydrogen-bond acceptors (Lipinski definition) is 3. The van der Waals surface area contributed by atoms with Crippen molar-refractivity contribution in [1.29, 1.82) is 0 Å². The number of ether oxygens (including phenoxy) is 1. The number of fused-ring (bicyclic) bond motifs is 1. The van der Waals surface area contributed by atoms with E-state index in [9.17, 15) is 4.79 Å². The monoisotopic (exact) mass is 220 g/mol. The first-order chi connectivity index (χ1) is 7.58. The Labute approximate surface area is 94.6 Å². The Morgan fingerprint density at radius 2 is 2.25 bits per heavy atom. The Balaban J connectivity index is 2.51. The zero-order chi connectivity index (χ0) is 11.8.